The molecule has 0 radical (unpaired) electrons. The SMILES string of the molecule is CCc1cnc2c([NH-])nc3cc(C)ccc3c2c1. The molecule has 90 valence electrons. The van der Waals surface area contributed by atoms with Crippen molar-refractivity contribution >= 4 is 27.6 Å². The van der Waals surface area contributed by atoms with Gasteiger partial charge in [-0.05, 0) is 41.7 Å². The summed E-state index contributed by atoms with van der Waals surface area (Å²) in [5.41, 5.74) is 11.9. The number of aromatic nitrogens is 2. The van der Waals surface area contributed by atoms with Gasteiger partial charge in [-0.15, -0.1) is 0 Å². The van der Waals surface area contributed by atoms with Crippen LogP contribution in [-0.2, 0) is 6.42 Å². The minimum Gasteiger partial charge on any atom is -0.480 e. The van der Waals surface area contributed by atoms with Crippen LogP contribution in [0.25, 0.3) is 27.5 Å². The summed E-state index contributed by atoms with van der Waals surface area (Å²) < 4.78 is 0. The third kappa shape index (κ3) is 1.59. The number of fused-ring (bicyclic) bond motifs is 3. The molecule has 0 aliphatic carbocycles. The number of hydrogen-bond acceptors (Lipinski definition) is 2. The van der Waals surface area contributed by atoms with E-state index < -0.39 is 0 Å². The third-order valence-electron chi connectivity index (χ3n) is 3.25. The van der Waals surface area contributed by atoms with Crippen molar-refractivity contribution in [3.05, 3.63) is 47.3 Å². The zero-order chi connectivity index (χ0) is 12.7. The molecule has 1 N–H and O–H groups in total. The fourth-order valence-corrected chi connectivity index (χ4v) is 2.23. The van der Waals surface area contributed by atoms with Crippen molar-refractivity contribution < 1.29 is 0 Å². The molecule has 0 aliphatic heterocycles. The van der Waals surface area contributed by atoms with E-state index in [1.807, 2.05) is 19.2 Å². The van der Waals surface area contributed by atoms with Gasteiger partial charge in [0.2, 0.25) is 0 Å². The van der Waals surface area contributed by atoms with Crippen molar-refractivity contribution in [2.45, 2.75) is 20.3 Å². The van der Waals surface area contributed by atoms with Gasteiger partial charge in [-0.2, -0.15) is 0 Å². The molecule has 0 spiro atoms. The van der Waals surface area contributed by atoms with Crippen LogP contribution in [0, 0.1) is 6.92 Å². The predicted molar refractivity (Wildman–Crippen MR) is 75.1 cm³/mol. The van der Waals surface area contributed by atoms with E-state index in [1.165, 1.54) is 5.56 Å². The second-order valence-corrected chi connectivity index (χ2v) is 4.57. The second-order valence-electron chi connectivity index (χ2n) is 4.57. The number of benzene rings is 1. The Morgan fingerprint density at radius 1 is 1.17 bits per heavy atom. The van der Waals surface area contributed by atoms with Crippen LogP contribution in [-0.4, -0.2) is 9.97 Å². The number of nitrogens with zero attached hydrogens (tertiary/aromatic N) is 2. The van der Waals surface area contributed by atoms with Crippen molar-refractivity contribution in [2.24, 2.45) is 0 Å². The number of aryl methyl sites for hydroxylation is 2. The van der Waals surface area contributed by atoms with Gasteiger partial charge in [0.05, 0.1) is 5.52 Å². The van der Waals surface area contributed by atoms with Gasteiger partial charge in [0.15, 0.2) is 0 Å². The summed E-state index contributed by atoms with van der Waals surface area (Å²) in [7, 11) is 0. The average Bonchev–Trinajstić information content (AvgIpc) is 2.38. The molecule has 0 amide bonds. The molecule has 2 heterocycles. The Kier molecular flexibility index (Phi) is 2.40. The lowest BCUT2D eigenvalue weighted by Gasteiger charge is -2.14. The highest BCUT2D eigenvalue weighted by Crippen LogP contribution is 2.30. The molecular weight excluding hydrogens is 222 g/mol. The summed E-state index contributed by atoms with van der Waals surface area (Å²) in [4.78, 5) is 8.70. The van der Waals surface area contributed by atoms with Gasteiger partial charge >= 0.3 is 0 Å². The van der Waals surface area contributed by atoms with E-state index in [9.17, 15) is 0 Å². The van der Waals surface area contributed by atoms with E-state index in [2.05, 4.69) is 35.1 Å². The minimum absolute atomic E-state index is 0.255. The molecule has 0 fully saturated rings. The lowest BCUT2D eigenvalue weighted by atomic mass is 10.1. The normalized spacial score (nSPS) is 11.2. The number of nitrogens with one attached hydrogen (secondary N) is 1. The van der Waals surface area contributed by atoms with E-state index in [-0.39, 0.29) is 5.82 Å². The lowest BCUT2D eigenvalue weighted by Crippen LogP contribution is -1.89. The van der Waals surface area contributed by atoms with Crippen LogP contribution in [0.5, 0.6) is 0 Å². The van der Waals surface area contributed by atoms with Gasteiger partial charge in [0.25, 0.3) is 0 Å². The van der Waals surface area contributed by atoms with Crippen LogP contribution in [0.15, 0.2) is 30.5 Å². The maximum Gasteiger partial charge on any atom is 0.0694 e. The average molecular weight is 236 g/mol. The van der Waals surface area contributed by atoms with Crippen LogP contribution < -0.4 is 0 Å². The molecule has 0 bridgehead atoms. The Hall–Kier alpha value is -2.16. The van der Waals surface area contributed by atoms with Gasteiger partial charge in [0.1, 0.15) is 0 Å². The summed E-state index contributed by atoms with van der Waals surface area (Å²) in [6.45, 7) is 4.15. The van der Waals surface area contributed by atoms with Crippen molar-refractivity contribution in [2.75, 3.05) is 0 Å². The van der Waals surface area contributed by atoms with E-state index in [0.717, 1.165) is 28.3 Å². The first-order valence-electron chi connectivity index (χ1n) is 6.09. The fraction of sp³-hybridized carbons (Fsp3) is 0.200. The highest BCUT2D eigenvalue weighted by molar-refractivity contribution is 6.08. The van der Waals surface area contributed by atoms with Crippen molar-refractivity contribution in [3.63, 3.8) is 0 Å². The van der Waals surface area contributed by atoms with E-state index >= 15 is 0 Å². The zero-order valence-electron chi connectivity index (χ0n) is 10.5. The molecule has 0 saturated carbocycles. The maximum atomic E-state index is 7.97. The van der Waals surface area contributed by atoms with Gasteiger partial charge < -0.3 is 10.7 Å². The van der Waals surface area contributed by atoms with Gasteiger partial charge in [-0.1, -0.05) is 30.7 Å². The van der Waals surface area contributed by atoms with Gasteiger partial charge in [-0.3, -0.25) is 4.98 Å². The Balaban J connectivity index is 2.50. The topological polar surface area (TPSA) is 49.6 Å². The Morgan fingerprint density at radius 2 is 2.00 bits per heavy atom. The first-order valence-corrected chi connectivity index (χ1v) is 6.09. The summed E-state index contributed by atoms with van der Waals surface area (Å²) in [6, 6.07) is 8.29. The maximum absolute atomic E-state index is 7.97. The van der Waals surface area contributed by atoms with Crippen molar-refractivity contribution in [3.8, 4) is 0 Å². The summed E-state index contributed by atoms with van der Waals surface area (Å²) in [6.07, 6.45) is 2.79. The van der Waals surface area contributed by atoms with E-state index in [0.29, 0.717) is 5.52 Å². The highest BCUT2D eigenvalue weighted by Gasteiger charge is 2.03. The molecule has 18 heavy (non-hydrogen) atoms. The second kappa shape index (κ2) is 3.95. The monoisotopic (exact) mass is 236 g/mol. The van der Waals surface area contributed by atoms with Crippen molar-refractivity contribution in [1.29, 1.82) is 0 Å². The van der Waals surface area contributed by atoms with E-state index in [1.54, 1.807) is 0 Å². The molecule has 0 saturated heterocycles. The highest BCUT2D eigenvalue weighted by atomic mass is 14.9. The van der Waals surface area contributed by atoms with Gasteiger partial charge in [-0.25, -0.2) is 0 Å². The zero-order valence-corrected chi connectivity index (χ0v) is 10.5. The van der Waals surface area contributed by atoms with Crippen LogP contribution in [0.4, 0.5) is 5.82 Å². The molecule has 1 aromatic carbocycles. The lowest BCUT2D eigenvalue weighted by molar-refractivity contribution is 1.12. The molecule has 3 heteroatoms. The number of hydrogen-bond donors (Lipinski definition) is 0. The molecule has 0 aliphatic rings. The number of pyridine rings is 2. The predicted octanol–water partition coefficient (Wildman–Crippen LogP) is 4.34. The Bertz CT molecular complexity index is 747. The Labute approximate surface area is 106 Å². The summed E-state index contributed by atoms with van der Waals surface area (Å²) in [5.74, 6) is 0.255. The molecule has 3 rings (SSSR count). The summed E-state index contributed by atoms with van der Waals surface area (Å²) in [5, 5.41) is 2.11. The molecule has 3 aromatic rings. The number of rotatable bonds is 1. The molecular formula is C15H14N3-. The first-order chi connectivity index (χ1) is 8.69. The molecule has 0 atom stereocenters. The van der Waals surface area contributed by atoms with E-state index in [4.69, 9.17) is 5.73 Å². The minimum atomic E-state index is 0.255. The first kappa shape index (κ1) is 11.0. The third-order valence-corrected chi connectivity index (χ3v) is 3.25. The van der Waals surface area contributed by atoms with Gasteiger partial charge in [0, 0.05) is 11.6 Å². The van der Waals surface area contributed by atoms with Crippen LogP contribution in [0.1, 0.15) is 18.1 Å². The Morgan fingerprint density at radius 3 is 2.78 bits per heavy atom. The van der Waals surface area contributed by atoms with Crippen LogP contribution in [0.2, 0.25) is 0 Å². The van der Waals surface area contributed by atoms with Crippen molar-refractivity contribution in [1.82, 2.24) is 9.97 Å². The standard InChI is InChI=1S/C15H14N3/c1-3-10-7-12-11-5-4-9(2)6-13(11)18-15(16)14(12)17-8-10/h4-8H,3H2,1-2H3,(H-,16,18)/q-1. The van der Waals surface area contributed by atoms with Crippen LogP contribution in [0.3, 0.4) is 0 Å². The quantitative estimate of drug-likeness (QED) is 0.590. The molecule has 0 unspecified atom stereocenters. The largest absolute Gasteiger partial charge is 0.480 e. The molecule has 2 aromatic heterocycles. The van der Waals surface area contributed by atoms with Crippen LogP contribution >= 0.6 is 0 Å². The fourth-order valence-electron chi connectivity index (χ4n) is 2.23. The summed E-state index contributed by atoms with van der Waals surface area (Å²) >= 11 is 0. The smallest absolute Gasteiger partial charge is 0.0694 e. The molecule has 3 nitrogen and oxygen atoms in total.